The molecule has 76 valence electrons. The van der Waals surface area contributed by atoms with Gasteiger partial charge in [0.15, 0.2) is 0 Å². The Hall–Kier alpha value is -1.71. The van der Waals surface area contributed by atoms with Gasteiger partial charge in [0.1, 0.15) is 0 Å². The van der Waals surface area contributed by atoms with Gasteiger partial charge in [0, 0.05) is 13.6 Å². The number of carbonyl (C=O) groups is 1. The van der Waals surface area contributed by atoms with Crippen LogP contribution in [0.25, 0.3) is 0 Å². The zero-order chi connectivity index (χ0) is 10.6. The molecule has 1 aromatic rings. The van der Waals surface area contributed by atoms with E-state index >= 15 is 0 Å². The van der Waals surface area contributed by atoms with E-state index in [0.29, 0.717) is 5.69 Å². The second-order valence-electron chi connectivity index (χ2n) is 2.81. The molecule has 0 atom stereocenters. The van der Waals surface area contributed by atoms with Crippen LogP contribution in [0.1, 0.15) is 17.3 Å². The number of rotatable bonds is 4. The van der Waals surface area contributed by atoms with Crippen molar-refractivity contribution in [2.75, 3.05) is 24.2 Å². The maximum absolute atomic E-state index is 10.9. The SMILES string of the molecule is CCNc1cccc(C(=O)O)c1NC. The van der Waals surface area contributed by atoms with E-state index in [-0.39, 0.29) is 5.56 Å². The van der Waals surface area contributed by atoms with Crippen LogP contribution in [0.15, 0.2) is 18.2 Å². The molecule has 0 bridgehead atoms. The summed E-state index contributed by atoms with van der Waals surface area (Å²) >= 11 is 0. The lowest BCUT2D eigenvalue weighted by Gasteiger charge is -2.12. The third-order valence-electron chi connectivity index (χ3n) is 1.91. The molecule has 0 aromatic heterocycles. The summed E-state index contributed by atoms with van der Waals surface area (Å²) < 4.78 is 0. The molecule has 0 fully saturated rings. The van der Waals surface area contributed by atoms with E-state index in [4.69, 9.17) is 5.11 Å². The van der Waals surface area contributed by atoms with Gasteiger partial charge in [0.2, 0.25) is 0 Å². The van der Waals surface area contributed by atoms with E-state index in [2.05, 4.69) is 10.6 Å². The lowest BCUT2D eigenvalue weighted by Crippen LogP contribution is -2.07. The minimum absolute atomic E-state index is 0.283. The van der Waals surface area contributed by atoms with Gasteiger partial charge in [-0.05, 0) is 19.1 Å². The quantitative estimate of drug-likeness (QED) is 0.684. The molecule has 1 aromatic carbocycles. The molecule has 14 heavy (non-hydrogen) atoms. The van der Waals surface area contributed by atoms with Gasteiger partial charge in [0.05, 0.1) is 16.9 Å². The fraction of sp³-hybridized carbons (Fsp3) is 0.300. The first-order chi connectivity index (χ1) is 6.70. The number of para-hydroxylation sites is 1. The molecule has 0 aliphatic heterocycles. The Labute approximate surface area is 82.9 Å². The molecule has 0 aliphatic rings. The molecule has 0 spiro atoms. The molecule has 0 saturated heterocycles. The maximum atomic E-state index is 10.9. The van der Waals surface area contributed by atoms with Gasteiger partial charge in [-0.1, -0.05) is 6.07 Å². The highest BCUT2D eigenvalue weighted by atomic mass is 16.4. The summed E-state index contributed by atoms with van der Waals surface area (Å²) in [5.74, 6) is -0.922. The minimum Gasteiger partial charge on any atom is -0.478 e. The van der Waals surface area contributed by atoms with Crippen molar-refractivity contribution >= 4 is 17.3 Å². The molecule has 0 heterocycles. The van der Waals surface area contributed by atoms with Gasteiger partial charge < -0.3 is 15.7 Å². The Morgan fingerprint density at radius 2 is 2.21 bits per heavy atom. The highest BCUT2D eigenvalue weighted by molar-refractivity contribution is 5.97. The first-order valence-corrected chi connectivity index (χ1v) is 4.48. The van der Waals surface area contributed by atoms with Gasteiger partial charge in [-0.25, -0.2) is 4.79 Å². The summed E-state index contributed by atoms with van der Waals surface area (Å²) in [6.45, 7) is 2.73. The average molecular weight is 194 g/mol. The van der Waals surface area contributed by atoms with Gasteiger partial charge in [-0.3, -0.25) is 0 Å². The van der Waals surface area contributed by atoms with Gasteiger partial charge in [-0.2, -0.15) is 0 Å². The lowest BCUT2D eigenvalue weighted by molar-refractivity contribution is 0.0698. The van der Waals surface area contributed by atoms with Crippen molar-refractivity contribution in [3.63, 3.8) is 0 Å². The molecule has 0 unspecified atom stereocenters. The number of hydrogen-bond donors (Lipinski definition) is 3. The Morgan fingerprint density at radius 3 is 2.71 bits per heavy atom. The smallest absolute Gasteiger partial charge is 0.337 e. The zero-order valence-electron chi connectivity index (χ0n) is 8.29. The molecule has 0 radical (unpaired) electrons. The predicted octanol–water partition coefficient (Wildman–Crippen LogP) is 1.86. The lowest BCUT2D eigenvalue weighted by atomic mass is 10.1. The van der Waals surface area contributed by atoms with Gasteiger partial charge in [-0.15, -0.1) is 0 Å². The van der Waals surface area contributed by atoms with Crippen LogP contribution in [0.4, 0.5) is 11.4 Å². The second-order valence-corrected chi connectivity index (χ2v) is 2.81. The number of carboxylic acid groups (broad SMARTS) is 1. The predicted molar refractivity (Wildman–Crippen MR) is 57.1 cm³/mol. The fourth-order valence-electron chi connectivity index (χ4n) is 1.34. The largest absolute Gasteiger partial charge is 0.478 e. The molecule has 0 amide bonds. The van der Waals surface area contributed by atoms with Gasteiger partial charge >= 0.3 is 5.97 Å². The van der Waals surface area contributed by atoms with Crippen LogP contribution in [0.3, 0.4) is 0 Å². The Kier molecular flexibility index (Phi) is 3.34. The van der Waals surface area contributed by atoms with Crippen molar-refractivity contribution in [1.82, 2.24) is 0 Å². The summed E-state index contributed by atoms with van der Waals surface area (Å²) in [5, 5.41) is 14.9. The second kappa shape index (κ2) is 4.50. The summed E-state index contributed by atoms with van der Waals surface area (Å²) in [6.07, 6.45) is 0. The van der Waals surface area contributed by atoms with Crippen LogP contribution >= 0.6 is 0 Å². The topological polar surface area (TPSA) is 61.4 Å². The average Bonchev–Trinajstić information content (AvgIpc) is 2.18. The number of anilines is 2. The third kappa shape index (κ3) is 1.96. The molecule has 3 N–H and O–H groups in total. The van der Waals surface area contributed by atoms with E-state index in [9.17, 15) is 4.79 Å². The zero-order valence-corrected chi connectivity index (χ0v) is 8.29. The monoisotopic (exact) mass is 194 g/mol. The van der Waals surface area contributed by atoms with Crippen LogP contribution in [0, 0.1) is 0 Å². The molecular weight excluding hydrogens is 180 g/mol. The molecular formula is C10H14N2O2. The van der Waals surface area contributed by atoms with Gasteiger partial charge in [0.25, 0.3) is 0 Å². The van der Waals surface area contributed by atoms with Crippen LogP contribution in [0.5, 0.6) is 0 Å². The van der Waals surface area contributed by atoms with Crippen LogP contribution in [0.2, 0.25) is 0 Å². The molecule has 0 aliphatic carbocycles. The number of nitrogens with one attached hydrogen (secondary N) is 2. The number of benzene rings is 1. The molecule has 0 saturated carbocycles. The Balaban J connectivity index is 3.17. The highest BCUT2D eigenvalue weighted by Gasteiger charge is 2.11. The maximum Gasteiger partial charge on any atom is 0.337 e. The number of hydrogen-bond acceptors (Lipinski definition) is 3. The van der Waals surface area contributed by atoms with E-state index < -0.39 is 5.97 Å². The first-order valence-electron chi connectivity index (χ1n) is 4.48. The molecule has 1 rings (SSSR count). The van der Waals surface area contributed by atoms with Crippen molar-refractivity contribution in [2.45, 2.75) is 6.92 Å². The normalized spacial score (nSPS) is 9.57. The summed E-state index contributed by atoms with van der Waals surface area (Å²) in [4.78, 5) is 10.9. The number of aromatic carboxylic acids is 1. The Bertz CT molecular complexity index is 337. The van der Waals surface area contributed by atoms with E-state index in [1.807, 2.05) is 13.0 Å². The fourth-order valence-corrected chi connectivity index (χ4v) is 1.34. The number of carboxylic acids is 1. The van der Waals surface area contributed by atoms with E-state index in [1.54, 1.807) is 19.2 Å². The highest BCUT2D eigenvalue weighted by Crippen LogP contribution is 2.25. The van der Waals surface area contributed by atoms with Crippen molar-refractivity contribution in [1.29, 1.82) is 0 Å². The molecule has 4 heteroatoms. The first kappa shape index (κ1) is 10.4. The van der Waals surface area contributed by atoms with E-state index in [0.717, 1.165) is 12.2 Å². The molecule has 4 nitrogen and oxygen atoms in total. The van der Waals surface area contributed by atoms with Crippen molar-refractivity contribution < 1.29 is 9.90 Å². The van der Waals surface area contributed by atoms with Crippen molar-refractivity contribution in [3.8, 4) is 0 Å². The van der Waals surface area contributed by atoms with Crippen LogP contribution in [-0.2, 0) is 0 Å². The van der Waals surface area contributed by atoms with E-state index in [1.165, 1.54) is 0 Å². The summed E-state index contributed by atoms with van der Waals surface area (Å²) in [7, 11) is 1.71. The van der Waals surface area contributed by atoms with Crippen molar-refractivity contribution in [2.24, 2.45) is 0 Å². The minimum atomic E-state index is -0.922. The summed E-state index contributed by atoms with van der Waals surface area (Å²) in [5.41, 5.74) is 1.72. The standard InChI is InChI=1S/C10H14N2O2/c1-3-12-8-6-4-5-7(10(13)14)9(8)11-2/h4-6,11-12H,3H2,1-2H3,(H,13,14). The Morgan fingerprint density at radius 1 is 1.50 bits per heavy atom. The van der Waals surface area contributed by atoms with Crippen LogP contribution < -0.4 is 10.6 Å². The summed E-state index contributed by atoms with van der Waals surface area (Å²) in [6, 6.07) is 5.15. The van der Waals surface area contributed by atoms with Crippen LogP contribution in [-0.4, -0.2) is 24.7 Å². The third-order valence-corrected chi connectivity index (χ3v) is 1.91. The van der Waals surface area contributed by atoms with Crippen molar-refractivity contribution in [3.05, 3.63) is 23.8 Å².